The average molecular weight is 230 g/mol. The van der Waals surface area contributed by atoms with Crippen LogP contribution in [0.3, 0.4) is 0 Å². The Bertz CT molecular complexity index is 423. The van der Waals surface area contributed by atoms with Crippen LogP contribution in [-0.2, 0) is 4.79 Å². The van der Waals surface area contributed by atoms with Crippen molar-refractivity contribution in [2.75, 3.05) is 25.5 Å². The number of hydrogen-bond donors (Lipinski definition) is 0. The Labute approximate surface area is 102 Å². The molecule has 1 heterocycles. The monoisotopic (exact) mass is 230 g/mol. The van der Waals surface area contributed by atoms with E-state index in [2.05, 4.69) is 0 Å². The fourth-order valence-electron chi connectivity index (χ4n) is 2.10. The number of benzene rings is 1. The van der Waals surface area contributed by atoms with Crippen molar-refractivity contribution in [3.63, 3.8) is 0 Å². The predicted octanol–water partition coefficient (Wildman–Crippen LogP) is 2.26. The minimum absolute atomic E-state index is 0.135. The number of carbonyl (C=O) groups is 1. The van der Waals surface area contributed by atoms with Crippen LogP contribution in [0.1, 0.15) is 12.8 Å². The molecule has 1 aromatic carbocycles. The lowest BCUT2D eigenvalue weighted by Gasteiger charge is -2.29. The fourth-order valence-corrected chi connectivity index (χ4v) is 2.10. The molecule has 0 spiro atoms. The van der Waals surface area contributed by atoms with Crippen LogP contribution in [0.5, 0.6) is 0 Å². The highest BCUT2D eigenvalue weighted by atomic mass is 16.2. The van der Waals surface area contributed by atoms with Gasteiger partial charge in [-0.1, -0.05) is 18.2 Å². The molecule has 0 saturated carbocycles. The molecular formula is C14H18N2O. The Balaban J connectivity index is 2.23. The summed E-state index contributed by atoms with van der Waals surface area (Å²) in [7, 11) is 3.89. The number of para-hydroxylation sites is 1. The van der Waals surface area contributed by atoms with Gasteiger partial charge in [-0.15, -0.1) is 0 Å². The maximum Gasteiger partial charge on any atom is 0.255 e. The van der Waals surface area contributed by atoms with E-state index in [1.54, 1.807) is 0 Å². The van der Waals surface area contributed by atoms with Gasteiger partial charge in [-0.2, -0.15) is 0 Å². The van der Waals surface area contributed by atoms with E-state index in [0.717, 1.165) is 30.6 Å². The van der Waals surface area contributed by atoms with Crippen LogP contribution in [0.25, 0.3) is 0 Å². The number of amides is 1. The molecule has 17 heavy (non-hydrogen) atoms. The summed E-state index contributed by atoms with van der Waals surface area (Å²) in [6, 6.07) is 9.86. The van der Waals surface area contributed by atoms with E-state index >= 15 is 0 Å². The SMILES string of the molecule is CN(C)/C=C1\CCCN(c2ccccc2)C1=O. The topological polar surface area (TPSA) is 23.6 Å². The molecule has 0 radical (unpaired) electrons. The molecule has 1 fully saturated rings. The lowest BCUT2D eigenvalue weighted by Crippen LogP contribution is -2.37. The van der Waals surface area contributed by atoms with Gasteiger partial charge in [0.2, 0.25) is 0 Å². The molecule has 90 valence electrons. The van der Waals surface area contributed by atoms with Gasteiger partial charge in [-0.3, -0.25) is 4.79 Å². The maximum atomic E-state index is 12.3. The Kier molecular flexibility index (Phi) is 3.47. The smallest absolute Gasteiger partial charge is 0.255 e. The Morgan fingerprint density at radius 1 is 1.24 bits per heavy atom. The zero-order chi connectivity index (χ0) is 12.3. The zero-order valence-electron chi connectivity index (χ0n) is 10.4. The highest BCUT2D eigenvalue weighted by Crippen LogP contribution is 2.23. The highest BCUT2D eigenvalue weighted by molar-refractivity contribution is 6.06. The minimum Gasteiger partial charge on any atom is -0.383 e. The highest BCUT2D eigenvalue weighted by Gasteiger charge is 2.24. The number of anilines is 1. The first-order valence-corrected chi connectivity index (χ1v) is 5.92. The van der Waals surface area contributed by atoms with E-state index in [1.165, 1.54) is 0 Å². The van der Waals surface area contributed by atoms with Crippen molar-refractivity contribution in [3.05, 3.63) is 42.1 Å². The molecule has 1 aliphatic rings. The molecule has 3 heteroatoms. The van der Waals surface area contributed by atoms with E-state index in [4.69, 9.17) is 0 Å². The van der Waals surface area contributed by atoms with Gasteiger partial charge < -0.3 is 9.80 Å². The molecule has 1 amide bonds. The summed E-state index contributed by atoms with van der Waals surface area (Å²) < 4.78 is 0. The van der Waals surface area contributed by atoms with Gasteiger partial charge in [-0.05, 0) is 25.0 Å². The number of hydrogen-bond acceptors (Lipinski definition) is 2. The largest absolute Gasteiger partial charge is 0.383 e. The molecule has 0 N–H and O–H groups in total. The molecule has 1 aliphatic heterocycles. The average Bonchev–Trinajstić information content (AvgIpc) is 2.32. The summed E-state index contributed by atoms with van der Waals surface area (Å²) in [6.07, 6.45) is 3.83. The maximum absolute atomic E-state index is 12.3. The number of carbonyl (C=O) groups excluding carboxylic acids is 1. The Hall–Kier alpha value is -1.77. The molecule has 0 aromatic heterocycles. The molecule has 0 bridgehead atoms. The molecule has 3 nitrogen and oxygen atoms in total. The van der Waals surface area contributed by atoms with Crippen molar-refractivity contribution >= 4 is 11.6 Å². The van der Waals surface area contributed by atoms with Gasteiger partial charge in [0.05, 0.1) is 0 Å². The van der Waals surface area contributed by atoms with Crippen LogP contribution in [0.15, 0.2) is 42.1 Å². The first kappa shape index (κ1) is 11.7. The Morgan fingerprint density at radius 2 is 1.94 bits per heavy atom. The first-order valence-electron chi connectivity index (χ1n) is 5.92. The standard InChI is InChI=1S/C14H18N2O/c1-15(2)11-12-7-6-10-16(14(12)17)13-8-4-3-5-9-13/h3-5,8-9,11H,6-7,10H2,1-2H3/b12-11+. The molecule has 0 atom stereocenters. The third-order valence-electron chi connectivity index (χ3n) is 2.83. The number of piperidine rings is 1. The number of nitrogens with zero attached hydrogens (tertiary/aromatic N) is 2. The van der Waals surface area contributed by atoms with E-state index in [1.807, 2.05) is 60.4 Å². The van der Waals surface area contributed by atoms with E-state index in [-0.39, 0.29) is 5.91 Å². The van der Waals surface area contributed by atoms with E-state index in [0.29, 0.717) is 0 Å². The van der Waals surface area contributed by atoms with Crippen molar-refractivity contribution in [2.24, 2.45) is 0 Å². The van der Waals surface area contributed by atoms with E-state index < -0.39 is 0 Å². The normalized spacial score (nSPS) is 18.6. The quantitative estimate of drug-likeness (QED) is 0.728. The zero-order valence-corrected chi connectivity index (χ0v) is 10.4. The fraction of sp³-hybridized carbons (Fsp3) is 0.357. The van der Waals surface area contributed by atoms with Gasteiger partial charge in [0, 0.05) is 38.1 Å². The Morgan fingerprint density at radius 3 is 2.59 bits per heavy atom. The van der Waals surface area contributed by atoms with Crippen LogP contribution < -0.4 is 4.90 Å². The lowest BCUT2D eigenvalue weighted by molar-refractivity contribution is -0.115. The van der Waals surface area contributed by atoms with Crippen LogP contribution >= 0.6 is 0 Å². The van der Waals surface area contributed by atoms with Gasteiger partial charge >= 0.3 is 0 Å². The van der Waals surface area contributed by atoms with Crippen molar-refractivity contribution in [3.8, 4) is 0 Å². The molecule has 2 rings (SSSR count). The van der Waals surface area contributed by atoms with Crippen LogP contribution in [-0.4, -0.2) is 31.4 Å². The van der Waals surface area contributed by atoms with E-state index in [9.17, 15) is 4.79 Å². The second kappa shape index (κ2) is 5.04. The van der Waals surface area contributed by atoms with Crippen LogP contribution in [0.2, 0.25) is 0 Å². The van der Waals surface area contributed by atoms with Gasteiger partial charge in [0.1, 0.15) is 0 Å². The van der Waals surface area contributed by atoms with Crippen LogP contribution in [0.4, 0.5) is 5.69 Å². The molecule has 0 unspecified atom stereocenters. The van der Waals surface area contributed by atoms with Gasteiger partial charge in [0.15, 0.2) is 0 Å². The molecular weight excluding hydrogens is 212 g/mol. The first-order chi connectivity index (χ1) is 8.18. The summed E-state index contributed by atoms with van der Waals surface area (Å²) in [5.74, 6) is 0.135. The van der Waals surface area contributed by atoms with Crippen molar-refractivity contribution in [1.29, 1.82) is 0 Å². The summed E-state index contributed by atoms with van der Waals surface area (Å²) in [4.78, 5) is 16.1. The second-order valence-electron chi connectivity index (χ2n) is 4.51. The third-order valence-corrected chi connectivity index (χ3v) is 2.83. The third kappa shape index (κ3) is 2.67. The lowest BCUT2D eigenvalue weighted by atomic mass is 10.0. The summed E-state index contributed by atoms with van der Waals surface area (Å²) >= 11 is 0. The summed E-state index contributed by atoms with van der Waals surface area (Å²) in [5, 5.41) is 0. The minimum atomic E-state index is 0.135. The molecule has 1 saturated heterocycles. The summed E-state index contributed by atoms with van der Waals surface area (Å²) in [6.45, 7) is 0.813. The van der Waals surface area contributed by atoms with Crippen molar-refractivity contribution in [1.82, 2.24) is 4.90 Å². The summed E-state index contributed by atoms with van der Waals surface area (Å²) in [5.41, 5.74) is 1.88. The second-order valence-corrected chi connectivity index (χ2v) is 4.51. The van der Waals surface area contributed by atoms with Crippen molar-refractivity contribution < 1.29 is 4.79 Å². The predicted molar refractivity (Wildman–Crippen MR) is 69.8 cm³/mol. The molecule has 0 aliphatic carbocycles. The van der Waals surface area contributed by atoms with Crippen molar-refractivity contribution in [2.45, 2.75) is 12.8 Å². The van der Waals surface area contributed by atoms with Gasteiger partial charge in [0.25, 0.3) is 5.91 Å². The molecule has 1 aromatic rings. The van der Waals surface area contributed by atoms with Crippen LogP contribution in [0, 0.1) is 0 Å². The number of rotatable bonds is 2. The van der Waals surface area contributed by atoms with Gasteiger partial charge in [-0.25, -0.2) is 0 Å².